The molecule has 0 N–H and O–H groups in total. The molecular weight excluding hydrogens is 321 g/mol. The van der Waals surface area contributed by atoms with Gasteiger partial charge in [0.15, 0.2) is 11.6 Å². The van der Waals surface area contributed by atoms with Crippen molar-refractivity contribution in [2.24, 2.45) is 0 Å². The highest BCUT2D eigenvalue weighted by molar-refractivity contribution is 7.89. The zero-order valence-corrected chi connectivity index (χ0v) is 14.2. The number of rotatable bonds is 5. The number of halogens is 1. The molecule has 2 bridgehead atoms. The summed E-state index contributed by atoms with van der Waals surface area (Å²) in [6, 6.07) is 3.75. The van der Waals surface area contributed by atoms with E-state index in [0.717, 1.165) is 18.9 Å². The first kappa shape index (κ1) is 16.7. The normalized spacial score (nSPS) is 28.0. The van der Waals surface area contributed by atoms with Gasteiger partial charge in [-0.15, -0.1) is 0 Å². The quantitative estimate of drug-likeness (QED) is 0.824. The van der Waals surface area contributed by atoms with E-state index in [0.29, 0.717) is 19.4 Å². The number of nitrogens with zero attached hydrogens (tertiary/aromatic N) is 1. The Morgan fingerprint density at radius 3 is 2.43 bits per heavy atom. The Balaban J connectivity index is 1.89. The van der Waals surface area contributed by atoms with Crippen molar-refractivity contribution in [3.63, 3.8) is 0 Å². The number of fused-ring (bicyclic) bond motifs is 2. The molecule has 2 atom stereocenters. The first-order valence-electron chi connectivity index (χ1n) is 7.96. The van der Waals surface area contributed by atoms with Gasteiger partial charge in [-0.25, -0.2) is 12.8 Å². The summed E-state index contributed by atoms with van der Waals surface area (Å²) in [6.07, 6.45) is 3.18. The standard InChI is InChI=1S/C16H22FNO4S/c1-3-22-16-7-6-14(10-15(16)17)23(19,20)18-11-4-5-12(18)9-13(8-11)21-2/h6-7,10-13H,3-5,8-9H2,1-2H3. The highest BCUT2D eigenvalue weighted by atomic mass is 32.2. The Morgan fingerprint density at radius 1 is 1.26 bits per heavy atom. The predicted octanol–water partition coefficient (Wildman–Crippen LogP) is 2.55. The van der Waals surface area contributed by atoms with Gasteiger partial charge in [0.1, 0.15) is 0 Å². The fourth-order valence-electron chi connectivity index (χ4n) is 3.71. The number of hydrogen-bond acceptors (Lipinski definition) is 4. The maximum Gasteiger partial charge on any atom is 0.243 e. The molecule has 0 aromatic heterocycles. The Hall–Kier alpha value is -1.18. The Bertz CT molecular complexity index is 665. The second kappa shape index (κ2) is 6.37. The summed E-state index contributed by atoms with van der Waals surface area (Å²) < 4.78 is 52.0. The van der Waals surface area contributed by atoms with E-state index in [1.54, 1.807) is 18.3 Å². The zero-order valence-electron chi connectivity index (χ0n) is 13.4. The summed E-state index contributed by atoms with van der Waals surface area (Å²) in [5.74, 6) is -0.570. The molecule has 2 aliphatic rings. The third-order valence-corrected chi connectivity index (χ3v) is 6.74. The first-order chi connectivity index (χ1) is 11.0. The number of piperidine rings is 1. The molecule has 2 fully saturated rings. The van der Waals surface area contributed by atoms with Crippen LogP contribution in [0.15, 0.2) is 23.1 Å². The van der Waals surface area contributed by atoms with Gasteiger partial charge in [-0.1, -0.05) is 0 Å². The van der Waals surface area contributed by atoms with Crippen LogP contribution in [-0.4, -0.2) is 44.6 Å². The molecule has 0 radical (unpaired) electrons. The van der Waals surface area contributed by atoms with Crippen LogP contribution in [0.4, 0.5) is 4.39 Å². The molecular formula is C16H22FNO4S. The van der Waals surface area contributed by atoms with Crippen LogP contribution in [0, 0.1) is 5.82 Å². The van der Waals surface area contributed by atoms with Gasteiger partial charge < -0.3 is 9.47 Å². The van der Waals surface area contributed by atoms with Crippen LogP contribution in [0.5, 0.6) is 5.75 Å². The van der Waals surface area contributed by atoms with E-state index in [2.05, 4.69) is 0 Å². The Labute approximate surface area is 136 Å². The largest absolute Gasteiger partial charge is 0.491 e. The minimum absolute atomic E-state index is 0.00813. The number of methoxy groups -OCH3 is 1. The molecule has 0 amide bonds. The molecule has 23 heavy (non-hydrogen) atoms. The summed E-state index contributed by atoms with van der Waals surface area (Å²) in [6.45, 7) is 2.08. The van der Waals surface area contributed by atoms with E-state index >= 15 is 0 Å². The van der Waals surface area contributed by atoms with Gasteiger partial charge in [-0.2, -0.15) is 4.31 Å². The highest BCUT2D eigenvalue weighted by Crippen LogP contribution is 2.40. The molecule has 7 heteroatoms. The third-order valence-electron chi connectivity index (χ3n) is 4.73. The highest BCUT2D eigenvalue weighted by Gasteiger charge is 2.47. The number of benzene rings is 1. The lowest BCUT2D eigenvalue weighted by atomic mass is 10.0. The zero-order chi connectivity index (χ0) is 16.6. The molecule has 3 rings (SSSR count). The van der Waals surface area contributed by atoms with Crippen LogP contribution in [0.3, 0.4) is 0 Å². The van der Waals surface area contributed by atoms with Crippen molar-refractivity contribution < 1.29 is 22.3 Å². The van der Waals surface area contributed by atoms with E-state index in [1.165, 1.54) is 12.1 Å². The average molecular weight is 343 g/mol. The van der Waals surface area contributed by atoms with Crippen LogP contribution >= 0.6 is 0 Å². The van der Waals surface area contributed by atoms with Crippen molar-refractivity contribution in [3.8, 4) is 5.75 Å². The van der Waals surface area contributed by atoms with E-state index in [9.17, 15) is 12.8 Å². The van der Waals surface area contributed by atoms with E-state index < -0.39 is 15.8 Å². The molecule has 0 aliphatic carbocycles. The van der Waals surface area contributed by atoms with Crippen molar-refractivity contribution in [1.82, 2.24) is 4.31 Å². The lowest BCUT2D eigenvalue weighted by molar-refractivity contribution is 0.0349. The van der Waals surface area contributed by atoms with Gasteiger partial charge in [0.2, 0.25) is 10.0 Å². The lowest BCUT2D eigenvalue weighted by Crippen LogP contribution is -2.48. The molecule has 0 spiro atoms. The maximum absolute atomic E-state index is 14.0. The molecule has 2 saturated heterocycles. The van der Waals surface area contributed by atoms with Gasteiger partial charge in [-0.05, 0) is 50.8 Å². The van der Waals surface area contributed by atoms with Crippen LogP contribution in [-0.2, 0) is 14.8 Å². The summed E-state index contributed by atoms with van der Waals surface area (Å²) in [4.78, 5) is -0.00813. The minimum Gasteiger partial charge on any atom is -0.491 e. The van der Waals surface area contributed by atoms with Gasteiger partial charge >= 0.3 is 0 Å². The van der Waals surface area contributed by atoms with Gasteiger partial charge in [0.25, 0.3) is 0 Å². The Morgan fingerprint density at radius 2 is 1.91 bits per heavy atom. The van der Waals surface area contributed by atoms with Crippen molar-refractivity contribution >= 4 is 10.0 Å². The Kier molecular flexibility index (Phi) is 4.62. The van der Waals surface area contributed by atoms with Crippen LogP contribution < -0.4 is 4.74 Å². The van der Waals surface area contributed by atoms with Gasteiger partial charge in [-0.3, -0.25) is 0 Å². The minimum atomic E-state index is -3.70. The summed E-state index contributed by atoms with van der Waals surface area (Å²) >= 11 is 0. The van der Waals surface area contributed by atoms with Crippen LogP contribution in [0.2, 0.25) is 0 Å². The maximum atomic E-state index is 14.0. The second-order valence-corrected chi connectivity index (χ2v) is 7.92. The number of sulfonamides is 1. The van der Waals surface area contributed by atoms with Crippen molar-refractivity contribution in [3.05, 3.63) is 24.0 Å². The number of ether oxygens (including phenoxy) is 2. The van der Waals surface area contributed by atoms with Crippen LogP contribution in [0.25, 0.3) is 0 Å². The van der Waals surface area contributed by atoms with E-state index in [4.69, 9.17) is 9.47 Å². The summed E-state index contributed by atoms with van der Waals surface area (Å²) in [5.41, 5.74) is 0. The van der Waals surface area contributed by atoms with Crippen molar-refractivity contribution in [2.45, 2.75) is 55.7 Å². The summed E-state index contributed by atoms with van der Waals surface area (Å²) in [7, 11) is -2.04. The lowest BCUT2D eigenvalue weighted by Gasteiger charge is -2.37. The molecule has 2 aliphatic heterocycles. The fraction of sp³-hybridized carbons (Fsp3) is 0.625. The molecule has 5 nitrogen and oxygen atoms in total. The second-order valence-electron chi connectivity index (χ2n) is 6.07. The molecule has 128 valence electrons. The van der Waals surface area contributed by atoms with Crippen molar-refractivity contribution in [1.29, 1.82) is 0 Å². The molecule has 0 saturated carbocycles. The average Bonchev–Trinajstić information content (AvgIpc) is 2.81. The van der Waals surface area contributed by atoms with E-state index in [-0.39, 0.29) is 28.8 Å². The van der Waals surface area contributed by atoms with Gasteiger partial charge in [0.05, 0.1) is 17.6 Å². The summed E-state index contributed by atoms with van der Waals surface area (Å²) in [5, 5.41) is 0. The fourth-order valence-corrected chi connectivity index (χ4v) is 5.61. The monoisotopic (exact) mass is 343 g/mol. The third kappa shape index (κ3) is 2.97. The molecule has 1 aromatic carbocycles. The first-order valence-corrected chi connectivity index (χ1v) is 9.40. The topological polar surface area (TPSA) is 55.8 Å². The smallest absolute Gasteiger partial charge is 0.243 e. The number of hydrogen-bond donors (Lipinski definition) is 0. The van der Waals surface area contributed by atoms with Crippen LogP contribution in [0.1, 0.15) is 32.6 Å². The SMILES string of the molecule is CCOc1ccc(S(=O)(=O)N2C3CCC2CC(OC)C3)cc1F. The molecule has 1 aromatic rings. The molecule has 2 heterocycles. The van der Waals surface area contributed by atoms with Gasteiger partial charge in [0, 0.05) is 19.2 Å². The van der Waals surface area contributed by atoms with E-state index in [1.807, 2.05) is 0 Å². The molecule has 2 unspecified atom stereocenters. The van der Waals surface area contributed by atoms with Crippen molar-refractivity contribution in [2.75, 3.05) is 13.7 Å². The predicted molar refractivity (Wildman–Crippen MR) is 83.4 cm³/mol.